The molecule has 0 spiro atoms. The van der Waals surface area contributed by atoms with Crippen molar-refractivity contribution in [2.75, 3.05) is 6.54 Å². The molecule has 0 unspecified atom stereocenters. The maximum absolute atomic E-state index is 12.6. The Balaban J connectivity index is 1.29. The summed E-state index contributed by atoms with van der Waals surface area (Å²) in [4.78, 5) is 17.2. The van der Waals surface area contributed by atoms with Crippen LogP contribution < -0.4 is 5.32 Å². The monoisotopic (exact) mass is 365 g/mol. The molecule has 1 aliphatic carbocycles. The van der Waals surface area contributed by atoms with Gasteiger partial charge in [-0.15, -0.1) is 0 Å². The highest BCUT2D eigenvalue weighted by molar-refractivity contribution is 6.00. The largest absolute Gasteiger partial charge is 0.469 e. The number of fused-ring (bicyclic) bond motifs is 1. The van der Waals surface area contributed by atoms with Crippen molar-refractivity contribution in [2.45, 2.75) is 51.9 Å². The normalized spacial score (nSPS) is 20.1. The summed E-state index contributed by atoms with van der Waals surface area (Å²) < 4.78 is 7.52. The number of hydrogen-bond donors (Lipinski definition) is 1. The van der Waals surface area contributed by atoms with Gasteiger partial charge >= 0.3 is 0 Å². The summed E-state index contributed by atoms with van der Waals surface area (Å²) in [5.41, 5.74) is 3.42. The van der Waals surface area contributed by atoms with Crippen LogP contribution in [0.25, 0.3) is 5.65 Å². The molecule has 1 saturated carbocycles. The Labute approximate surface area is 159 Å². The summed E-state index contributed by atoms with van der Waals surface area (Å²) in [5, 5.41) is 3.09. The Morgan fingerprint density at radius 2 is 2.07 bits per heavy atom. The number of aryl methyl sites for hydroxylation is 2. The van der Waals surface area contributed by atoms with Crippen LogP contribution in [0.2, 0.25) is 0 Å². The first kappa shape index (κ1) is 17.8. The molecule has 4 rings (SSSR count). The van der Waals surface area contributed by atoms with Gasteiger partial charge in [-0.05, 0) is 76.1 Å². The first-order valence-corrected chi connectivity index (χ1v) is 9.88. The lowest BCUT2D eigenvalue weighted by Crippen LogP contribution is -2.27. The number of furan rings is 1. The third-order valence-corrected chi connectivity index (χ3v) is 5.81. The van der Waals surface area contributed by atoms with Gasteiger partial charge in [0.05, 0.1) is 11.8 Å². The minimum absolute atomic E-state index is 0.0285. The molecular weight excluding hydrogens is 338 g/mol. The fourth-order valence-electron chi connectivity index (χ4n) is 4.32. The Hall–Kier alpha value is -2.56. The highest BCUT2D eigenvalue weighted by atomic mass is 16.3. The predicted octanol–water partition coefficient (Wildman–Crippen LogP) is 4.64. The molecule has 0 aliphatic heterocycles. The van der Waals surface area contributed by atoms with Gasteiger partial charge in [0.15, 0.2) is 0 Å². The third-order valence-electron chi connectivity index (χ3n) is 5.81. The van der Waals surface area contributed by atoms with Gasteiger partial charge in [0.25, 0.3) is 5.91 Å². The van der Waals surface area contributed by atoms with E-state index >= 15 is 0 Å². The van der Waals surface area contributed by atoms with Crippen molar-refractivity contribution in [3.63, 3.8) is 0 Å². The van der Waals surface area contributed by atoms with Gasteiger partial charge in [0, 0.05) is 30.0 Å². The van der Waals surface area contributed by atoms with Crippen molar-refractivity contribution in [2.24, 2.45) is 5.92 Å². The smallest absolute Gasteiger partial charge is 0.255 e. The fraction of sp³-hybridized carbons (Fsp3) is 0.455. The fourth-order valence-corrected chi connectivity index (χ4v) is 4.32. The van der Waals surface area contributed by atoms with E-state index < -0.39 is 0 Å². The zero-order valence-corrected chi connectivity index (χ0v) is 16.1. The quantitative estimate of drug-likeness (QED) is 0.717. The Kier molecular flexibility index (Phi) is 5.01. The van der Waals surface area contributed by atoms with Gasteiger partial charge in [-0.25, -0.2) is 4.98 Å². The van der Waals surface area contributed by atoms with E-state index in [1.54, 1.807) is 6.26 Å². The summed E-state index contributed by atoms with van der Waals surface area (Å²) in [7, 11) is 0. The SMILES string of the molecule is Cc1cc(C)n2ccc(C(=O)NCCC3CCC(c4ccco4)CC3)c2n1. The molecule has 142 valence electrons. The second-order valence-corrected chi connectivity index (χ2v) is 7.74. The molecule has 0 saturated heterocycles. The van der Waals surface area contributed by atoms with Crippen LogP contribution in [0.1, 0.15) is 65.5 Å². The van der Waals surface area contributed by atoms with Crippen LogP contribution in [0, 0.1) is 19.8 Å². The van der Waals surface area contributed by atoms with Gasteiger partial charge in [-0.2, -0.15) is 0 Å². The van der Waals surface area contributed by atoms with E-state index in [0.29, 0.717) is 17.4 Å². The summed E-state index contributed by atoms with van der Waals surface area (Å²) >= 11 is 0. The second-order valence-electron chi connectivity index (χ2n) is 7.74. The number of rotatable bonds is 5. The third kappa shape index (κ3) is 3.77. The topological polar surface area (TPSA) is 59.5 Å². The van der Waals surface area contributed by atoms with E-state index in [4.69, 9.17) is 4.42 Å². The van der Waals surface area contributed by atoms with Crippen molar-refractivity contribution in [3.05, 3.63) is 59.4 Å². The molecule has 1 aliphatic rings. The molecule has 5 nitrogen and oxygen atoms in total. The number of carbonyl (C=O) groups is 1. The number of aromatic nitrogens is 2. The number of carbonyl (C=O) groups excluding carboxylic acids is 1. The first-order chi connectivity index (χ1) is 13.1. The lowest BCUT2D eigenvalue weighted by atomic mass is 9.79. The van der Waals surface area contributed by atoms with Gasteiger partial charge in [0.1, 0.15) is 11.4 Å². The molecular formula is C22H27N3O2. The second kappa shape index (κ2) is 7.59. The summed E-state index contributed by atoms with van der Waals surface area (Å²) in [6.07, 6.45) is 9.49. The van der Waals surface area contributed by atoms with E-state index in [0.717, 1.165) is 35.8 Å². The minimum Gasteiger partial charge on any atom is -0.469 e. The van der Waals surface area contributed by atoms with Crippen molar-refractivity contribution in [1.29, 1.82) is 0 Å². The zero-order chi connectivity index (χ0) is 18.8. The first-order valence-electron chi connectivity index (χ1n) is 9.88. The molecule has 5 heteroatoms. The van der Waals surface area contributed by atoms with Gasteiger partial charge in [-0.1, -0.05) is 0 Å². The molecule has 3 aromatic heterocycles. The van der Waals surface area contributed by atoms with Crippen molar-refractivity contribution in [1.82, 2.24) is 14.7 Å². The lowest BCUT2D eigenvalue weighted by molar-refractivity contribution is 0.0951. The number of hydrogen-bond acceptors (Lipinski definition) is 3. The molecule has 3 heterocycles. The molecule has 1 N–H and O–H groups in total. The standard InChI is InChI=1S/C22H27N3O2/c1-15-14-16(2)25-12-10-19(21(25)24-15)22(26)23-11-9-17-5-7-18(8-6-17)20-4-3-13-27-20/h3-4,10,12-14,17-18H,5-9,11H2,1-2H3,(H,23,26). The maximum atomic E-state index is 12.6. The molecule has 0 aromatic carbocycles. The molecule has 1 amide bonds. The number of nitrogens with one attached hydrogen (secondary N) is 1. The van der Waals surface area contributed by atoms with Crippen LogP contribution in [0.4, 0.5) is 0 Å². The molecule has 0 radical (unpaired) electrons. The molecule has 3 aromatic rings. The number of amides is 1. The Morgan fingerprint density at radius 1 is 1.26 bits per heavy atom. The van der Waals surface area contributed by atoms with E-state index in [2.05, 4.69) is 16.4 Å². The zero-order valence-electron chi connectivity index (χ0n) is 16.1. The highest BCUT2D eigenvalue weighted by Crippen LogP contribution is 2.36. The van der Waals surface area contributed by atoms with Crippen molar-refractivity contribution >= 4 is 11.6 Å². The van der Waals surface area contributed by atoms with Crippen LogP contribution >= 0.6 is 0 Å². The van der Waals surface area contributed by atoms with E-state index in [1.807, 2.05) is 42.6 Å². The predicted molar refractivity (Wildman–Crippen MR) is 105 cm³/mol. The van der Waals surface area contributed by atoms with Crippen molar-refractivity contribution in [3.8, 4) is 0 Å². The maximum Gasteiger partial charge on any atom is 0.255 e. The van der Waals surface area contributed by atoms with Crippen LogP contribution in [0.3, 0.4) is 0 Å². The highest BCUT2D eigenvalue weighted by Gasteiger charge is 2.24. The summed E-state index contributed by atoms with van der Waals surface area (Å²) in [6, 6.07) is 7.94. The summed E-state index contributed by atoms with van der Waals surface area (Å²) in [5.74, 6) is 2.35. The van der Waals surface area contributed by atoms with Crippen molar-refractivity contribution < 1.29 is 9.21 Å². The van der Waals surface area contributed by atoms with Crippen LogP contribution in [-0.4, -0.2) is 21.8 Å². The van der Waals surface area contributed by atoms with Crippen LogP contribution in [-0.2, 0) is 0 Å². The molecule has 1 fully saturated rings. The van der Waals surface area contributed by atoms with E-state index in [9.17, 15) is 4.79 Å². The van der Waals surface area contributed by atoms with Crippen LogP contribution in [0.5, 0.6) is 0 Å². The lowest BCUT2D eigenvalue weighted by Gasteiger charge is -2.27. The van der Waals surface area contributed by atoms with E-state index in [1.165, 1.54) is 25.7 Å². The summed E-state index contributed by atoms with van der Waals surface area (Å²) in [6.45, 7) is 4.71. The average Bonchev–Trinajstić information content (AvgIpc) is 3.32. The van der Waals surface area contributed by atoms with E-state index in [-0.39, 0.29) is 5.91 Å². The Bertz CT molecular complexity index is 919. The molecule has 0 bridgehead atoms. The van der Waals surface area contributed by atoms with Gasteiger partial charge in [0.2, 0.25) is 0 Å². The van der Waals surface area contributed by atoms with Crippen LogP contribution in [0.15, 0.2) is 41.1 Å². The van der Waals surface area contributed by atoms with Gasteiger partial charge in [-0.3, -0.25) is 4.79 Å². The van der Waals surface area contributed by atoms with Gasteiger partial charge < -0.3 is 14.1 Å². The average molecular weight is 365 g/mol. The molecule has 0 atom stereocenters. The minimum atomic E-state index is -0.0285. The molecule has 27 heavy (non-hydrogen) atoms. The number of nitrogens with zero attached hydrogens (tertiary/aromatic N) is 2. The Morgan fingerprint density at radius 3 is 2.81 bits per heavy atom.